The second kappa shape index (κ2) is 9.68. The smallest absolute Gasteiger partial charge is 0.358 e. The first-order valence-corrected chi connectivity index (χ1v) is 8.62. The second-order valence-corrected chi connectivity index (χ2v) is 6.61. The number of halogens is 6. The molecule has 0 bridgehead atoms. The van der Waals surface area contributed by atoms with Gasteiger partial charge in [-0.25, -0.2) is 19.6 Å². The summed E-state index contributed by atoms with van der Waals surface area (Å²) in [6.07, 6.45) is 0. The number of rotatable bonds is 2. The van der Waals surface area contributed by atoms with Gasteiger partial charge in [-0.1, -0.05) is 69.6 Å². The summed E-state index contributed by atoms with van der Waals surface area (Å²) in [5.41, 5.74) is 10.2. The Hall–Kier alpha value is -1.42. The van der Waals surface area contributed by atoms with Crippen LogP contribution in [0.2, 0.25) is 30.4 Å². The van der Waals surface area contributed by atoms with Gasteiger partial charge in [0.2, 0.25) is 0 Å². The summed E-state index contributed by atoms with van der Waals surface area (Å²) in [5.74, 6) is -2.03. The van der Waals surface area contributed by atoms with E-state index in [1.54, 1.807) is 0 Å². The molecular formula is C13H8Cl6N4O4. The number of pyridine rings is 2. The highest BCUT2D eigenvalue weighted by atomic mass is 35.5. The number of hydrogen-bond donors (Lipinski definition) is 3. The molecule has 2 aromatic rings. The van der Waals surface area contributed by atoms with Gasteiger partial charge in [-0.3, -0.25) is 0 Å². The minimum Gasteiger partial charge on any atom is -0.476 e. The van der Waals surface area contributed by atoms with Crippen LogP contribution in [0.5, 0.6) is 0 Å². The average molecular weight is 497 g/mol. The molecule has 0 aliphatic carbocycles. The molecule has 0 fully saturated rings. The van der Waals surface area contributed by atoms with Crippen LogP contribution in [0.4, 0.5) is 11.4 Å². The van der Waals surface area contributed by atoms with Gasteiger partial charge < -0.3 is 21.3 Å². The molecular weight excluding hydrogens is 489 g/mol. The van der Waals surface area contributed by atoms with Crippen LogP contribution < -0.4 is 11.5 Å². The van der Waals surface area contributed by atoms with Gasteiger partial charge in [-0.05, 0) is 0 Å². The van der Waals surface area contributed by atoms with Crippen molar-refractivity contribution in [2.45, 2.75) is 0 Å². The maximum absolute atomic E-state index is 11.1. The number of aromatic carboxylic acids is 1. The third kappa shape index (κ3) is 5.31. The van der Waals surface area contributed by atoms with Crippen molar-refractivity contribution in [1.82, 2.24) is 9.97 Å². The predicted octanol–water partition coefficient (Wildman–Crippen LogP) is 4.73. The summed E-state index contributed by atoms with van der Waals surface area (Å²) >= 11 is 33.6. The highest BCUT2D eigenvalue weighted by Gasteiger charge is 2.20. The Morgan fingerprint density at radius 2 is 1.19 bits per heavy atom. The first-order chi connectivity index (χ1) is 12.4. The van der Waals surface area contributed by atoms with Gasteiger partial charge in [-0.2, -0.15) is 0 Å². The largest absolute Gasteiger partial charge is 0.476 e. The molecule has 2 heterocycles. The Labute approximate surface area is 182 Å². The van der Waals surface area contributed by atoms with Gasteiger partial charge >= 0.3 is 11.9 Å². The van der Waals surface area contributed by atoms with E-state index in [9.17, 15) is 9.59 Å². The van der Waals surface area contributed by atoms with Crippen LogP contribution in [0.15, 0.2) is 0 Å². The minimum atomic E-state index is -1.31. The van der Waals surface area contributed by atoms with E-state index in [0.29, 0.717) is 0 Å². The zero-order chi connectivity index (χ0) is 21.0. The van der Waals surface area contributed by atoms with E-state index in [2.05, 4.69) is 14.7 Å². The number of carboxylic acids is 1. The molecule has 14 heteroatoms. The molecule has 0 aliphatic heterocycles. The van der Waals surface area contributed by atoms with Crippen LogP contribution in [0, 0.1) is 0 Å². The lowest BCUT2D eigenvalue weighted by Gasteiger charge is -2.06. The summed E-state index contributed by atoms with van der Waals surface area (Å²) in [7, 11) is 1.19. The van der Waals surface area contributed by atoms with Gasteiger partial charge in [0.1, 0.15) is 10.0 Å². The predicted molar refractivity (Wildman–Crippen MR) is 106 cm³/mol. The van der Waals surface area contributed by atoms with Crippen molar-refractivity contribution in [3.63, 3.8) is 0 Å². The lowest BCUT2D eigenvalue weighted by molar-refractivity contribution is 0.0593. The molecule has 2 aromatic heterocycles. The molecule has 0 amide bonds. The fraction of sp³-hybridized carbons (Fsp3) is 0.0769. The van der Waals surface area contributed by atoms with Gasteiger partial charge in [0.25, 0.3) is 0 Å². The van der Waals surface area contributed by atoms with Crippen LogP contribution in [-0.4, -0.2) is 34.1 Å². The molecule has 0 aromatic carbocycles. The number of hydrogen-bond acceptors (Lipinski definition) is 7. The fourth-order valence-corrected chi connectivity index (χ4v) is 2.61. The normalized spacial score (nSPS) is 10.0. The minimum absolute atomic E-state index is 0.00809. The van der Waals surface area contributed by atoms with Crippen LogP contribution >= 0.6 is 69.6 Å². The lowest BCUT2D eigenvalue weighted by atomic mass is 10.3. The quantitative estimate of drug-likeness (QED) is 0.400. The molecule has 27 heavy (non-hydrogen) atoms. The topological polar surface area (TPSA) is 141 Å². The first kappa shape index (κ1) is 23.6. The zero-order valence-corrected chi connectivity index (χ0v) is 17.5. The molecule has 5 N–H and O–H groups in total. The van der Waals surface area contributed by atoms with E-state index in [1.165, 1.54) is 7.11 Å². The molecule has 0 saturated carbocycles. The van der Waals surface area contributed by atoms with Crippen LogP contribution in [-0.2, 0) is 4.74 Å². The molecule has 0 spiro atoms. The third-order valence-corrected chi connectivity index (χ3v) is 5.00. The zero-order valence-electron chi connectivity index (χ0n) is 13.0. The maximum Gasteiger partial charge on any atom is 0.358 e. The van der Waals surface area contributed by atoms with Crippen LogP contribution in [0.3, 0.4) is 0 Å². The maximum atomic E-state index is 11.1. The average Bonchev–Trinajstić information content (AvgIpc) is 2.63. The number of aromatic nitrogens is 2. The molecule has 0 radical (unpaired) electrons. The van der Waals surface area contributed by atoms with Crippen molar-refractivity contribution in [2.75, 3.05) is 18.6 Å². The second-order valence-electron chi connectivity index (χ2n) is 4.38. The SMILES string of the molecule is COC(=O)c1nc(Cl)c(Cl)c(N)c1Cl.Nc1c(Cl)c(Cl)nc(C(=O)O)c1Cl. The van der Waals surface area contributed by atoms with Crippen molar-refractivity contribution in [3.05, 3.63) is 41.8 Å². The van der Waals surface area contributed by atoms with E-state index in [-0.39, 0.29) is 47.5 Å². The number of esters is 1. The number of nitrogen functional groups attached to an aromatic ring is 2. The van der Waals surface area contributed by atoms with Crippen molar-refractivity contribution < 1.29 is 19.4 Å². The number of methoxy groups -OCH3 is 1. The van der Waals surface area contributed by atoms with E-state index >= 15 is 0 Å². The molecule has 146 valence electrons. The number of carbonyl (C=O) groups excluding carboxylic acids is 1. The lowest BCUT2D eigenvalue weighted by Crippen LogP contribution is -2.07. The van der Waals surface area contributed by atoms with E-state index in [4.69, 9.17) is 86.2 Å². The summed E-state index contributed by atoms with van der Waals surface area (Å²) < 4.78 is 4.42. The Morgan fingerprint density at radius 1 is 0.815 bits per heavy atom. The highest BCUT2D eigenvalue weighted by Crippen LogP contribution is 2.35. The molecule has 2 rings (SSSR count). The standard InChI is InChI=1S/C7H5Cl3N2O2.C6H3Cl3N2O2/c1-14-7(13)5-2(8)4(11)3(9)6(10)12-5;7-1-3(10)2(8)5(9)11-4(1)6(12)13/h1H3,(H2,11,12);(H2,10,11)(H,12,13). The molecule has 0 atom stereocenters. The number of carbonyl (C=O) groups is 2. The Kier molecular flexibility index (Phi) is 8.47. The van der Waals surface area contributed by atoms with Gasteiger partial charge in [0.15, 0.2) is 21.7 Å². The number of ether oxygens (including phenoxy) is 1. The fourth-order valence-electron chi connectivity index (χ4n) is 1.44. The summed E-state index contributed by atoms with van der Waals surface area (Å²) in [6, 6.07) is 0. The van der Waals surface area contributed by atoms with Crippen molar-refractivity contribution >= 4 is 92.9 Å². The molecule has 8 nitrogen and oxygen atoms in total. The van der Waals surface area contributed by atoms with Gasteiger partial charge in [-0.15, -0.1) is 0 Å². The van der Waals surface area contributed by atoms with Crippen molar-refractivity contribution in [3.8, 4) is 0 Å². The van der Waals surface area contributed by atoms with Gasteiger partial charge in [0, 0.05) is 0 Å². The van der Waals surface area contributed by atoms with E-state index in [1.807, 2.05) is 0 Å². The number of carboxylic acid groups (broad SMARTS) is 1. The number of nitrogens with two attached hydrogens (primary N) is 2. The Morgan fingerprint density at radius 3 is 1.56 bits per heavy atom. The van der Waals surface area contributed by atoms with Crippen LogP contribution in [0.25, 0.3) is 0 Å². The summed E-state index contributed by atoms with van der Waals surface area (Å²) in [6.45, 7) is 0. The van der Waals surface area contributed by atoms with Crippen LogP contribution in [0.1, 0.15) is 21.0 Å². The Balaban J connectivity index is 0.000000271. The molecule has 0 unspecified atom stereocenters. The van der Waals surface area contributed by atoms with Crippen molar-refractivity contribution in [2.24, 2.45) is 0 Å². The first-order valence-electron chi connectivity index (χ1n) is 6.35. The molecule has 0 aliphatic rings. The monoisotopic (exact) mass is 494 g/mol. The highest BCUT2D eigenvalue weighted by molar-refractivity contribution is 6.46. The van der Waals surface area contributed by atoms with E-state index in [0.717, 1.165) is 0 Å². The summed E-state index contributed by atoms with van der Waals surface area (Å²) in [5, 5.41) is 8.04. The third-order valence-electron chi connectivity index (χ3n) is 2.73. The molecule has 0 saturated heterocycles. The number of anilines is 2. The van der Waals surface area contributed by atoms with E-state index < -0.39 is 17.6 Å². The Bertz CT molecular complexity index is 925. The number of nitrogens with zero attached hydrogens (tertiary/aromatic N) is 2. The van der Waals surface area contributed by atoms with Gasteiger partial charge in [0.05, 0.1) is 28.5 Å². The van der Waals surface area contributed by atoms with Crippen molar-refractivity contribution in [1.29, 1.82) is 0 Å². The summed E-state index contributed by atoms with van der Waals surface area (Å²) in [4.78, 5) is 28.8.